The first-order valence-corrected chi connectivity index (χ1v) is 25.8. The summed E-state index contributed by atoms with van der Waals surface area (Å²) in [5, 5.41) is 32.1. The lowest BCUT2D eigenvalue weighted by molar-refractivity contribution is 0.0991. The molecule has 0 saturated carbocycles. The van der Waals surface area contributed by atoms with Crippen LogP contribution >= 0.6 is 22.7 Å². The van der Waals surface area contributed by atoms with Crippen molar-refractivity contribution in [2.24, 2.45) is 0 Å². The molecular formula is C60H62N4O7S2. The number of hydrogen-bond acceptors (Lipinski definition) is 13. The van der Waals surface area contributed by atoms with E-state index in [1.54, 1.807) is 59.3 Å². The van der Waals surface area contributed by atoms with Crippen LogP contribution in [0.4, 0.5) is 0 Å². The number of thiophene rings is 2. The summed E-state index contributed by atoms with van der Waals surface area (Å²) >= 11 is 3.33. The number of pyridine rings is 2. The molecule has 4 aromatic carbocycles. The fourth-order valence-electron chi connectivity index (χ4n) is 7.78. The van der Waals surface area contributed by atoms with Crippen LogP contribution in [0.5, 0.6) is 34.8 Å². The van der Waals surface area contributed by atoms with Gasteiger partial charge in [0.05, 0.1) is 11.1 Å². The Balaban J connectivity index is 0.000000214. The third-order valence-corrected chi connectivity index (χ3v) is 13.3. The summed E-state index contributed by atoms with van der Waals surface area (Å²) in [6.45, 7) is 11.2. The molecular weight excluding hydrogens is 953 g/mol. The smallest absolute Gasteiger partial charge is 0.235 e. The van der Waals surface area contributed by atoms with Crippen LogP contribution in [0.15, 0.2) is 169 Å². The first-order chi connectivity index (χ1) is 35.2. The molecule has 73 heavy (non-hydrogen) atoms. The van der Waals surface area contributed by atoms with Gasteiger partial charge in [0.25, 0.3) is 0 Å². The maximum absolute atomic E-state index is 11.8. The van der Waals surface area contributed by atoms with Crippen LogP contribution in [-0.2, 0) is 12.8 Å². The third kappa shape index (κ3) is 16.4. The number of ketones is 1. The molecule has 0 amide bonds. The number of aliphatic hydroxyl groups excluding tert-OH is 2. The van der Waals surface area contributed by atoms with E-state index in [0.717, 1.165) is 56.3 Å². The maximum atomic E-state index is 11.8. The van der Waals surface area contributed by atoms with E-state index in [2.05, 4.69) is 66.3 Å². The van der Waals surface area contributed by atoms with Crippen LogP contribution in [0.3, 0.4) is 0 Å². The number of Topliss-reactive ketones (excluding diaryl/α,β-unsaturated/α-hetero) is 1. The zero-order valence-corrected chi connectivity index (χ0v) is 43.4. The van der Waals surface area contributed by atoms with E-state index in [1.165, 1.54) is 6.92 Å². The molecule has 0 aliphatic heterocycles. The van der Waals surface area contributed by atoms with Crippen LogP contribution in [0.1, 0.15) is 61.7 Å². The first kappa shape index (κ1) is 53.6. The van der Waals surface area contributed by atoms with Crippen molar-refractivity contribution < 1.29 is 34.0 Å². The number of ether oxygens (including phenoxy) is 4. The molecule has 11 nitrogen and oxygen atoms in total. The van der Waals surface area contributed by atoms with Gasteiger partial charge < -0.3 is 39.8 Å². The number of hydrogen-bond donors (Lipinski definition) is 4. The number of benzene rings is 4. The number of aromatic nitrogens is 2. The second kappa shape index (κ2) is 26.0. The second-order valence-electron chi connectivity index (χ2n) is 18.7. The average Bonchev–Trinajstić information content (AvgIpc) is 4.15. The fraction of sp³-hybridized carbons (Fsp3) is 0.250. The highest BCUT2D eigenvalue weighted by molar-refractivity contribution is 7.13. The minimum absolute atomic E-state index is 0.0909. The lowest BCUT2D eigenvalue weighted by Crippen LogP contribution is -2.46. The molecule has 0 aliphatic rings. The van der Waals surface area contributed by atoms with E-state index in [1.807, 2.05) is 120 Å². The zero-order valence-electron chi connectivity index (χ0n) is 41.8. The Morgan fingerprint density at radius 3 is 1.51 bits per heavy atom. The number of aliphatic hydroxyl groups is 2. The quantitative estimate of drug-likeness (QED) is 0.0359. The monoisotopic (exact) mass is 1010 g/mol. The van der Waals surface area contributed by atoms with E-state index in [-0.39, 0.29) is 30.1 Å². The Morgan fingerprint density at radius 2 is 1.05 bits per heavy atom. The number of para-hydroxylation sites is 2. The zero-order chi connectivity index (χ0) is 51.6. The Bertz CT molecular complexity index is 3010. The van der Waals surface area contributed by atoms with Gasteiger partial charge in [-0.25, -0.2) is 9.97 Å². The first-order valence-electron chi connectivity index (χ1n) is 24.0. The number of nitrogens with one attached hydrogen (secondary N) is 2. The normalized spacial score (nSPS) is 12.1. The second-order valence-corrected chi connectivity index (χ2v) is 20.6. The molecule has 0 radical (unpaired) electrons. The minimum Gasteiger partial charge on any atom is -0.490 e. The number of carbonyl (C=O) groups is 1. The van der Waals surface area contributed by atoms with E-state index in [9.17, 15) is 15.0 Å². The van der Waals surface area contributed by atoms with Crippen LogP contribution in [0.25, 0.3) is 20.9 Å². The molecule has 4 aromatic heterocycles. The van der Waals surface area contributed by atoms with Crippen LogP contribution in [0, 0.1) is 12.3 Å². The Kier molecular flexibility index (Phi) is 19.1. The van der Waals surface area contributed by atoms with Gasteiger partial charge in [-0.2, -0.15) is 0 Å². The van der Waals surface area contributed by atoms with Crippen molar-refractivity contribution in [2.45, 2.75) is 70.7 Å². The van der Waals surface area contributed by atoms with E-state index < -0.39 is 12.2 Å². The molecule has 4 heterocycles. The van der Waals surface area contributed by atoms with Gasteiger partial charge >= 0.3 is 0 Å². The van der Waals surface area contributed by atoms with Crippen molar-refractivity contribution in [3.63, 3.8) is 0 Å². The van der Waals surface area contributed by atoms with Gasteiger partial charge in [-0.15, -0.1) is 29.1 Å². The SMILES string of the molecule is C#Cc1cccnc1Oc1ccc(CC(C)(C)NC[C@H](O)COc2ccccc2-c2cccs2)cc1.CC(=O)c1cccnc1Oc1ccc(CC(C)(C)NC[C@H](O)COc2ccccc2-c2cccs2)cc1. The number of rotatable bonds is 23. The van der Waals surface area contributed by atoms with Crippen LogP contribution in [-0.4, -0.2) is 75.6 Å². The third-order valence-electron chi connectivity index (χ3n) is 11.5. The summed E-state index contributed by atoms with van der Waals surface area (Å²) < 4.78 is 23.6. The minimum atomic E-state index is -0.653. The van der Waals surface area contributed by atoms with Gasteiger partial charge in [-0.1, -0.05) is 66.6 Å². The number of carbonyl (C=O) groups excluding carboxylic acids is 1. The van der Waals surface area contributed by atoms with Crippen molar-refractivity contribution in [3.05, 3.63) is 191 Å². The van der Waals surface area contributed by atoms with Crippen molar-refractivity contribution in [1.29, 1.82) is 0 Å². The molecule has 8 rings (SSSR count). The molecule has 13 heteroatoms. The highest BCUT2D eigenvalue weighted by Crippen LogP contribution is 2.35. The van der Waals surface area contributed by atoms with Gasteiger partial charge in [0.15, 0.2) is 5.78 Å². The summed E-state index contributed by atoms with van der Waals surface area (Å²) in [6, 6.07) is 46.6. The highest BCUT2D eigenvalue weighted by atomic mass is 32.1. The molecule has 2 atom stereocenters. The standard InChI is InChI=1S/C30H32N2O4S.C30H30N2O3S/c1-21(33)25-9-6-16-31-29(25)36-24-14-12-22(13-15-24)18-30(2,3)32-19-23(34)20-35-27-10-5-4-8-26(27)28-11-7-17-37-28;1-4-23-9-7-17-31-29(23)35-25-15-13-22(14-16-25)19-30(2,3)32-20-24(33)21-34-27-11-6-5-10-26(27)28-12-8-18-36-28/h4-17,23,32,34H,18-20H2,1-3H3;1,5-18,24,32-33H,19-21H2,2-3H3/t23-;24-/m00/s1. The van der Waals surface area contributed by atoms with Crippen molar-refractivity contribution in [1.82, 2.24) is 20.6 Å². The van der Waals surface area contributed by atoms with Gasteiger partial charge in [0, 0.05) is 57.4 Å². The molecule has 4 N–H and O–H groups in total. The lowest BCUT2D eigenvalue weighted by atomic mass is 9.94. The summed E-state index contributed by atoms with van der Waals surface area (Å²) in [5.41, 5.74) is 4.93. The van der Waals surface area contributed by atoms with Crippen LogP contribution in [0.2, 0.25) is 0 Å². The molecule has 376 valence electrons. The lowest BCUT2D eigenvalue weighted by Gasteiger charge is -2.28. The summed E-state index contributed by atoms with van der Waals surface area (Å²) in [4.78, 5) is 22.5. The van der Waals surface area contributed by atoms with Gasteiger partial charge in [-0.05, 0) is 154 Å². The topological polar surface area (TPSA) is 144 Å². The predicted octanol–water partition coefficient (Wildman–Crippen LogP) is 12.1. The highest BCUT2D eigenvalue weighted by Gasteiger charge is 2.22. The van der Waals surface area contributed by atoms with Crippen molar-refractivity contribution >= 4 is 28.5 Å². The fourth-order valence-corrected chi connectivity index (χ4v) is 9.29. The van der Waals surface area contributed by atoms with Gasteiger partial charge in [0.2, 0.25) is 11.8 Å². The van der Waals surface area contributed by atoms with E-state index >= 15 is 0 Å². The van der Waals surface area contributed by atoms with Crippen LogP contribution < -0.4 is 29.6 Å². The van der Waals surface area contributed by atoms with Crippen molar-refractivity contribution in [3.8, 4) is 68.0 Å². The Hall–Kier alpha value is -7.15. The Morgan fingerprint density at radius 1 is 0.603 bits per heavy atom. The molecule has 0 bridgehead atoms. The molecule has 8 aromatic rings. The molecule has 0 fully saturated rings. The predicted molar refractivity (Wildman–Crippen MR) is 294 cm³/mol. The van der Waals surface area contributed by atoms with Gasteiger partial charge in [0.1, 0.15) is 48.4 Å². The van der Waals surface area contributed by atoms with Gasteiger partial charge in [-0.3, -0.25) is 4.79 Å². The van der Waals surface area contributed by atoms with E-state index in [0.29, 0.717) is 47.5 Å². The Labute approximate surface area is 436 Å². The number of nitrogens with zero attached hydrogens (tertiary/aromatic N) is 2. The number of terminal acetylenes is 1. The molecule has 0 spiro atoms. The maximum Gasteiger partial charge on any atom is 0.235 e. The molecule has 0 unspecified atom stereocenters. The summed E-state index contributed by atoms with van der Waals surface area (Å²) in [6.07, 6.45) is 9.02. The van der Waals surface area contributed by atoms with Crippen molar-refractivity contribution in [2.75, 3.05) is 26.3 Å². The largest absolute Gasteiger partial charge is 0.490 e. The summed E-state index contributed by atoms with van der Waals surface area (Å²) in [5.74, 6) is 6.06. The summed E-state index contributed by atoms with van der Waals surface area (Å²) in [7, 11) is 0. The number of β-amino-alcohol motifs (C(OH)–C–C–N with tert-alkyl or cyclic N) is 2. The molecule has 0 saturated heterocycles. The average molecular weight is 1020 g/mol. The van der Waals surface area contributed by atoms with E-state index in [4.69, 9.17) is 25.4 Å². The molecule has 0 aliphatic carbocycles.